The second kappa shape index (κ2) is 9.88. The highest BCUT2D eigenvalue weighted by Gasteiger charge is 2.32. The van der Waals surface area contributed by atoms with Crippen LogP contribution in [-0.4, -0.2) is 42.3 Å². The fraction of sp³-hybridized carbons (Fsp3) is 0.321. The molecular formula is C28H33N5O2. The Labute approximate surface area is 207 Å². The number of nitrogens with zero attached hydrogens (tertiary/aromatic N) is 3. The van der Waals surface area contributed by atoms with Crippen LogP contribution in [0.5, 0.6) is 0 Å². The molecule has 2 amide bonds. The molecule has 182 valence electrons. The van der Waals surface area contributed by atoms with Crippen LogP contribution in [0.25, 0.3) is 0 Å². The molecule has 0 fully saturated rings. The minimum atomic E-state index is -0.167. The van der Waals surface area contributed by atoms with Gasteiger partial charge in [-0.3, -0.25) is 14.6 Å². The van der Waals surface area contributed by atoms with E-state index in [1.165, 1.54) is 0 Å². The van der Waals surface area contributed by atoms with E-state index in [4.69, 9.17) is 0 Å². The van der Waals surface area contributed by atoms with E-state index in [-0.39, 0.29) is 23.8 Å². The van der Waals surface area contributed by atoms with Gasteiger partial charge in [0.25, 0.3) is 5.91 Å². The largest absolute Gasteiger partial charge is 0.379 e. The zero-order chi connectivity index (χ0) is 25.2. The minimum absolute atomic E-state index is 0.0572. The Morgan fingerprint density at radius 1 is 1.06 bits per heavy atom. The molecule has 2 aromatic carbocycles. The first-order chi connectivity index (χ1) is 16.6. The molecule has 0 spiro atoms. The van der Waals surface area contributed by atoms with Crippen LogP contribution in [-0.2, 0) is 23.3 Å². The van der Waals surface area contributed by atoms with E-state index in [1.54, 1.807) is 11.1 Å². The van der Waals surface area contributed by atoms with Crippen molar-refractivity contribution in [2.24, 2.45) is 0 Å². The van der Waals surface area contributed by atoms with Crippen LogP contribution in [0.1, 0.15) is 48.0 Å². The van der Waals surface area contributed by atoms with Gasteiger partial charge >= 0.3 is 0 Å². The van der Waals surface area contributed by atoms with Crippen molar-refractivity contribution in [3.63, 3.8) is 0 Å². The maximum atomic E-state index is 13.6. The minimum Gasteiger partial charge on any atom is -0.379 e. The first kappa shape index (κ1) is 24.4. The van der Waals surface area contributed by atoms with Gasteiger partial charge in [0.15, 0.2) is 0 Å². The molecule has 0 bridgehead atoms. The Hall–Kier alpha value is -3.71. The molecule has 2 heterocycles. The van der Waals surface area contributed by atoms with E-state index in [0.29, 0.717) is 18.7 Å². The van der Waals surface area contributed by atoms with E-state index in [0.717, 1.165) is 33.9 Å². The predicted octanol–water partition coefficient (Wildman–Crippen LogP) is 4.65. The highest BCUT2D eigenvalue weighted by Crippen LogP contribution is 2.37. The Bertz CT molecular complexity index is 1230. The molecule has 0 aliphatic carbocycles. The summed E-state index contributed by atoms with van der Waals surface area (Å²) in [5, 5.41) is 6.44. The number of hydrogen-bond acceptors (Lipinski definition) is 5. The van der Waals surface area contributed by atoms with Crippen LogP contribution >= 0.6 is 0 Å². The van der Waals surface area contributed by atoms with Gasteiger partial charge < -0.3 is 20.4 Å². The van der Waals surface area contributed by atoms with Gasteiger partial charge in [0.2, 0.25) is 5.91 Å². The highest BCUT2D eigenvalue weighted by molar-refractivity contribution is 6.13. The molecule has 0 unspecified atom stereocenters. The summed E-state index contributed by atoms with van der Waals surface area (Å²) in [6.07, 6.45) is 1.76. The summed E-state index contributed by atoms with van der Waals surface area (Å²) in [7, 11) is 3.72. The zero-order valence-electron chi connectivity index (χ0n) is 21.1. The van der Waals surface area contributed by atoms with Gasteiger partial charge in [0.1, 0.15) is 0 Å². The average molecular weight is 472 g/mol. The summed E-state index contributed by atoms with van der Waals surface area (Å²) >= 11 is 0. The van der Waals surface area contributed by atoms with Crippen LogP contribution < -0.4 is 15.5 Å². The molecule has 1 aliphatic heterocycles. The number of rotatable bonds is 7. The number of carbonyl (C=O) groups is 2. The summed E-state index contributed by atoms with van der Waals surface area (Å²) in [4.78, 5) is 34.1. The van der Waals surface area contributed by atoms with Crippen molar-refractivity contribution in [1.29, 1.82) is 0 Å². The predicted molar refractivity (Wildman–Crippen MR) is 141 cm³/mol. The lowest BCUT2D eigenvalue weighted by molar-refractivity contribution is -0.116. The van der Waals surface area contributed by atoms with Crippen molar-refractivity contribution in [3.8, 4) is 0 Å². The Kier molecular flexibility index (Phi) is 6.89. The summed E-state index contributed by atoms with van der Waals surface area (Å²) in [6.45, 7) is 7.63. The van der Waals surface area contributed by atoms with Gasteiger partial charge in [-0.15, -0.1) is 0 Å². The Balaban J connectivity index is 1.61. The van der Waals surface area contributed by atoms with Gasteiger partial charge in [-0.1, -0.05) is 45.0 Å². The van der Waals surface area contributed by atoms with Crippen molar-refractivity contribution in [2.45, 2.75) is 39.3 Å². The van der Waals surface area contributed by atoms with Gasteiger partial charge in [-0.25, -0.2) is 0 Å². The lowest BCUT2D eigenvalue weighted by Gasteiger charge is -2.26. The monoisotopic (exact) mass is 471 g/mol. The molecule has 7 nitrogen and oxygen atoms in total. The normalized spacial score (nSPS) is 13.2. The van der Waals surface area contributed by atoms with Crippen molar-refractivity contribution < 1.29 is 9.59 Å². The van der Waals surface area contributed by atoms with Gasteiger partial charge in [0.05, 0.1) is 30.9 Å². The standard InChI is InChI=1S/C28H33N5O2/c1-28(2,3)22-13-12-21(15-24(22)31-25(34)18-32(4)5)33-17-19-9-8-11-23(26(19)27(33)35)30-16-20-10-6-7-14-29-20/h6-15,30H,16-18H2,1-5H3,(H,31,34). The van der Waals surface area contributed by atoms with Gasteiger partial charge in [-0.05, 0) is 61.0 Å². The first-order valence-electron chi connectivity index (χ1n) is 11.8. The molecule has 0 atom stereocenters. The fourth-order valence-corrected chi connectivity index (χ4v) is 4.34. The number of nitrogens with one attached hydrogen (secondary N) is 2. The summed E-state index contributed by atoms with van der Waals surface area (Å²) in [5.41, 5.74) is 5.71. The number of aromatic nitrogens is 1. The van der Waals surface area contributed by atoms with Gasteiger partial charge in [0, 0.05) is 23.3 Å². The third-order valence-electron chi connectivity index (χ3n) is 5.98. The highest BCUT2D eigenvalue weighted by atomic mass is 16.2. The van der Waals surface area contributed by atoms with Crippen LogP contribution in [0.4, 0.5) is 17.1 Å². The maximum absolute atomic E-state index is 13.6. The molecule has 7 heteroatoms. The SMILES string of the molecule is CN(C)CC(=O)Nc1cc(N2Cc3cccc(NCc4ccccn4)c3C2=O)ccc1C(C)(C)C. The Morgan fingerprint density at radius 2 is 1.86 bits per heavy atom. The van der Waals surface area contributed by atoms with Gasteiger partial charge in [-0.2, -0.15) is 0 Å². The number of amides is 2. The number of hydrogen-bond donors (Lipinski definition) is 2. The second-order valence-electron chi connectivity index (χ2n) is 10.2. The molecular weight excluding hydrogens is 438 g/mol. The second-order valence-corrected chi connectivity index (χ2v) is 10.2. The van der Waals surface area contributed by atoms with Crippen LogP contribution in [0.3, 0.4) is 0 Å². The topological polar surface area (TPSA) is 77.6 Å². The molecule has 0 radical (unpaired) electrons. The van der Waals surface area contributed by atoms with Crippen molar-refractivity contribution in [2.75, 3.05) is 36.2 Å². The molecule has 35 heavy (non-hydrogen) atoms. The first-order valence-corrected chi connectivity index (χ1v) is 11.8. The van der Waals surface area contributed by atoms with Crippen molar-refractivity contribution in [3.05, 3.63) is 83.2 Å². The molecule has 1 aliphatic rings. The van der Waals surface area contributed by atoms with Crippen LogP contribution in [0, 0.1) is 0 Å². The number of likely N-dealkylation sites (N-methyl/N-ethyl adjacent to an activating group) is 1. The number of benzene rings is 2. The van der Waals surface area contributed by atoms with E-state index in [9.17, 15) is 9.59 Å². The number of anilines is 3. The van der Waals surface area contributed by atoms with Crippen molar-refractivity contribution >= 4 is 28.9 Å². The summed E-state index contributed by atoms with van der Waals surface area (Å²) in [6, 6.07) is 17.6. The number of pyridine rings is 1. The average Bonchev–Trinajstić information content (AvgIpc) is 3.14. The zero-order valence-corrected chi connectivity index (χ0v) is 21.1. The van der Waals surface area contributed by atoms with E-state index < -0.39 is 0 Å². The van der Waals surface area contributed by atoms with Crippen LogP contribution in [0.15, 0.2) is 60.8 Å². The maximum Gasteiger partial charge on any atom is 0.261 e. The van der Waals surface area contributed by atoms with Crippen LogP contribution in [0.2, 0.25) is 0 Å². The lowest BCUT2D eigenvalue weighted by Crippen LogP contribution is -2.29. The fourth-order valence-electron chi connectivity index (χ4n) is 4.34. The molecule has 0 saturated carbocycles. The number of fused-ring (bicyclic) bond motifs is 1. The Morgan fingerprint density at radius 3 is 2.54 bits per heavy atom. The smallest absolute Gasteiger partial charge is 0.261 e. The van der Waals surface area contributed by atoms with E-state index in [2.05, 4.69) is 36.4 Å². The quantitative estimate of drug-likeness (QED) is 0.524. The summed E-state index contributed by atoms with van der Waals surface area (Å²) in [5.74, 6) is -0.145. The molecule has 2 N–H and O–H groups in total. The molecule has 0 saturated heterocycles. The molecule has 1 aromatic heterocycles. The number of carbonyl (C=O) groups excluding carboxylic acids is 2. The van der Waals surface area contributed by atoms with Crippen molar-refractivity contribution in [1.82, 2.24) is 9.88 Å². The summed E-state index contributed by atoms with van der Waals surface area (Å²) < 4.78 is 0. The lowest BCUT2D eigenvalue weighted by atomic mass is 9.85. The molecule has 3 aromatic rings. The van der Waals surface area contributed by atoms with E-state index in [1.807, 2.05) is 73.6 Å². The molecule has 4 rings (SSSR count). The third-order valence-corrected chi connectivity index (χ3v) is 5.98. The van der Waals surface area contributed by atoms with E-state index >= 15 is 0 Å². The third kappa shape index (κ3) is 5.52.